The average molecular weight is 270 g/mol. The highest BCUT2D eigenvalue weighted by Gasteiger charge is 2.16. The van der Waals surface area contributed by atoms with E-state index in [0.717, 1.165) is 12.3 Å². The van der Waals surface area contributed by atoms with E-state index in [1.54, 1.807) is 7.11 Å². The van der Waals surface area contributed by atoms with Gasteiger partial charge in [-0.1, -0.05) is 31.5 Å². The molecule has 0 saturated carbocycles. The minimum absolute atomic E-state index is 0. The zero-order valence-corrected chi connectivity index (χ0v) is 12.2. The molecule has 1 aromatic carbocycles. The normalized spacial score (nSPS) is 17.9. The summed E-state index contributed by atoms with van der Waals surface area (Å²) in [7, 11) is 1.76. The molecule has 2 rings (SSSR count). The molecule has 18 heavy (non-hydrogen) atoms. The highest BCUT2D eigenvalue weighted by molar-refractivity contribution is 5.85. The van der Waals surface area contributed by atoms with Gasteiger partial charge in [-0.2, -0.15) is 0 Å². The number of nitrogens with zero attached hydrogens (tertiary/aromatic N) is 1. The molecule has 3 heteroatoms. The van der Waals surface area contributed by atoms with Gasteiger partial charge in [0.15, 0.2) is 0 Å². The molecule has 1 unspecified atom stereocenters. The fourth-order valence-corrected chi connectivity index (χ4v) is 2.70. The monoisotopic (exact) mass is 269 g/mol. The Kier molecular flexibility index (Phi) is 6.51. The zero-order valence-electron chi connectivity index (χ0n) is 11.4. The minimum atomic E-state index is 0. The molecule has 1 saturated heterocycles. The summed E-state index contributed by atoms with van der Waals surface area (Å²) in [6, 6.07) is 8.38. The number of rotatable bonds is 4. The highest BCUT2D eigenvalue weighted by Crippen LogP contribution is 2.27. The van der Waals surface area contributed by atoms with E-state index in [1.165, 1.54) is 37.9 Å². The predicted molar refractivity (Wildman–Crippen MR) is 78.9 cm³/mol. The Hall–Kier alpha value is -0.730. The summed E-state index contributed by atoms with van der Waals surface area (Å²) in [6.45, 7) is 5.98. The van der Waals surface area contributed by atoms with Crippen LogP contribution in [0.5, 0.6) is 5.75 Å². The molecule has 2 nitrogen and oxygen atoms in total. The topological polar surface area (TPSA) is 12.5 Å². The van der Waals surface area contributed by atoms with Crippen LogP contribution in [0.3, 0.4) is 0 Å². The lowest BCUT2D eigenvalue weighted by molar-refractivity contribution is 0.218. The molecule has 102 valence electrons. The number of piperidine rings is 1. The summed E-state index contributed by atoms with van der Waals surface area (Å²) in [5.41, 5.74) is 1.33. The summed E-state index contributed by atoms with van der Waals surface area (Å²) < 4.78 is 5.44. The highest BCUT2D eigenvalue weighted by atomic mass is 35.5. The van der Waals surface area contributed by atoms with Gasteiger partial charge in [0.25, 0.3) is 0 Å². The van der Waals surface area contributed by atoms with Crippen LogP contribution in [0.4, 0.5) is 0 Å². The second-order valence-corrected chi connectivity index (χ2v) is 5.00. The number of para-hydroxylation sites is 1. The van der Waals surface area contributed by atoms with Crippen molar-refractivity contribution in [3.63, 3.8) is 0 Å². The summed E-state index contributed by atoms with van der Waals surface area (Å²) in [5.74, 6) is 1.57. The third kappa shape index (κ3) is 3.89. The van der Waals surface area contributed by atoms with Crippen LogP contribution < -0.4 is 4.74 Å². The van der Waals surface area contributed by atoms with E-state index in [1.807, 2.05) is 6.07 Å². The molecule has 0 amide bonds. The minimum Gasteiger partial charge on any atom is -0.496 e. The molecule has 1 aliphatic rings. The van der Waals surface area contributed by atoms with Crippen LogP contribution in [0.1, 0.15) is 37.7 Å². The van der Waals surface area contributed by atoms with Crippen LogP contribution in [-0.2, 0) is 0 Å². The molecule has 1 heterocycles. The van der Waals surface area contributed by atoms with Crippen molar-refractivity contribution in [2.24, 2.45) is 0 Å². The molecular weight excluding hydrogens is 246 g/mol. The van der Waals surface area contributed by atoms with Crippen molar-refractivity contribution in [1.29, 1.82) is 0 Å². The van der Waals surface area contributed by atoms with Gasteiger partial charge in [0.2, 0.25) is 0 Å². The van der Waals surface area contributed by atoms with Crippen molar-refractivity contribution >= 4 is 12.4 Å². The van der Waals surface area contributed by atoms with E-state index >= 15 is 0 Å². The lowest BCUT2D eigenvalue weighted by Gasteiger charge is -2.29. The number of ether oxygens (including phenoxy) is 1. The van der Waals surface area contributed by atoms with Gasteiger partial charge >= 0.3 is 0 Å². The SMILES string of the molecule is COc1ccccc1C(C)CN1CCCCC1.Cl. The van der Waals surface area contributed by atoms with E-state index in [4.69, 9.17) is 4.74 Å². The second kappa shape index (κ2) is 7.65. The summed E-state index contributed by atoms with van der Waals surface area (Å²) >= 11 is 0. The number of methoxy groups -OCH3 is 1. The van der Waals surface area contributed by atoms with Crippen LogP contribution in [0, 0.1) is 0 Å². The largest absolute Gasteiger partial charge is 0.496 e. The van der Waals surface area contributed by atoms with E-state index in [2.05, 4.69) is 30.0 Å². The van der Waals surface area contributed by atoms with Crippen LogP contribution >= 0.6 is 12.4 Å². The van der Waals surface area contributed by atoms with Gasteiger partial charge in [-0.15, -0.1) is 12.4 Å². The maximum absolute atomic E-state index is 5.44. The fourth-order valence-electron chi connectivity index (χ4n) is 2.70. The quantitative estimate of drug-likeness (QED) is 0.826. The number of hydrogen-bond acceptors (Lipinski definition) is 2. The first-order valence-corrected chi connectivity index (χ1v) is 6.66. The van der Waals surface area contributed by atoms with E-state index in [0.29, 0.717) is 5.92 Å². The van der Waals surface area contributed by atoms with Crippen molar-refractivity contribution < 1.29 is 4.74 Å². The number of benzene rings is 1. The van der Waals surface area contributed by atoms with Gasteiger partial charge in [0.1, 0.15) is 5.75 Å². The van der Waals surface area contributed by atoms with Crippen molar-refractivity contribution in [3.05, 3.63) is 29.8 Å². The fraction of sp³-hybridized carbons (Fsp3) is 0.600. The lowest BCUT2D eigenvalue weighted by atomic mass is 9.98. The first-order chi connectivity index (χ1) is 8.31. The molecule has 0 radical (unpaired) electrons. The van der Waals surface area contributed by atoms with Crippen LogP contribution in [-0.4, -0.2) is 31.6 Å². The van der Waals surface area contributed by atoms with Crippen molar-refractivity contribution in [1.82, 2.24) is 4.90 Å². The molecule has 1 aliphatic heterocycles. The lowest BCUT2D eigenvalue weighted by Crippen LogP contribution is -2.32. The van der Waals surface area contributed by atoms with E-state index in [-0.39, 0.29) is 12.4 Å². The first kappa shape index (κ1) is 15.3. The summed E-state index contributed by atoms with van der Waals surface area (Å²) in [4.78, 5) is 2.58. The van der Waals surface area contributed by atoms with Gasteiger partial charge in [-0.25, -0.2) is 0 Å². The average Bonchev–Trinajstić information content (AvgIpc) is 2.40. The Labute approximate surface area is 117 Å². The summed E-state index contributed by atoms with van der Waals surface area (Å²) in [5, 5.41) is 0. The van der Waals surface area contributed by atoms with Crippen LogP contribution in [0.25, 0.3) is 0 Å². The van der Waals surface area contributed by atoms with Gasteiger partial charge in [-0.3, -0.25) is 0 Å². The van der Waals surface area contributed by atoms with Gasteiger partial charge in [0.05, 0.1) is 7.11 Å². The molecule has 1 aromatic rings. The van der Waals surface area contributed by atoms with Crippen molar-refractivity contribution in [2.75, 3.05) is 26.7 Å². The van der Waals surface area contributed by atoms with Gasteiger partial charge in [0, 0.05) is 6.54 Å². The Morgan fingerprint density at radius 2 is 1.83 bits per heavy atom. The molecule has 0 aromatic heterocycles. The smallest absolute Gasteiger partial charge is 0.122 e. The molecular formula is C15H24ClNO. The Bertz CT molecular complexity index is 350. The Morgan fingerprint density at radius 1 is 1.17 bits per heavy atom. The molecule has 0 bridgehead atoms. The van der Waals surface area contributed by atoms with Crippen LogP contribution in [0.2, 0.25) is 0 Å². The van der Waals surface area contributed by atoms with E-state index < -0.39 is 0 Å². The maximum atomic E-state index is 5.44. The predicted octanol–water partition coefficient (Wildman–Crippen LogP) is 3.71. The van der Waals surface area contributed by atoms with Crippen molar-refractivity contribution in [3.8, 4) is 5.75 Å². The zero-order chi connectivity index (χ0) is 12.1. The number of likely N-dealkylation sites (tertiary alicyclic amines) is 1. The molecule has 1 atom stereocenters. The third-order valence-electron chi connectivity index (χ3n) is 3.65. The molecule has 0 spiro atoms. The van der Waals surface area contributed by atoms with Gasteiger partial charge in [-0.05, 0) is 43.5 Å². The Morgan fingerprint density at radius 3 is 2.50 bits per heavy atom. The molecule has 1 fully saturated rings. The Balaban J connectivity index is 0.00000162. The first-order valence-electron chi connectivity index (χ1n) is 6.66. The molecule has 0 aliphatic carbocycles. The van der Waals surface area contributed by atoms with Crippen molar-refractivity contribution in [2.45, 2.75) is 32.1 Å². The molecule has 0 N–H and O–H groups in total. The summed E-state index contributed by atoms with van der Waals surface area (Å²) in [6.07, 6.45) is 4.12. The maximum Gasteiger partial charge on any atom is 0.122 e. The van der Waals surface area contributed by atoms with E-state index in [9.17, 15) is 0 Å². The number of halogens is 1. The standard InChI is InChI=1S/C15H23NO.ClH/c1-13(12-16-10-6-3-7-11-16)14-8-4-5-9-15(14)17-2;/h4-5,8-9,13H,3,6-7,10-12H2,1-2H3;1H. The van der Waals surface area contributed by atoms with Gasteiger partial charge < -0.3 is 9.64 Å². The number of hydrogen-bond donors (Lipinski definition) is 0. The third-order valence-corrected chi connectivity index (χ3v) is 3.65. The second-order valence-electron chi connectivity index (χ2n) is 5.00. The van der Waals surface area contributed by atoms with Crippen LogP contribution in [0.15, 0.2) is 24.3 Å².